The van der Waals surface area contributed by atoms with Crippen molar-refractivity contribution in [2.75, 3.05) is 13.7 Å². The number of likely N-dealkylation sites (N-methyl/N-ethyl adjacent to an activating group) is 1. The van der Waals surface area contributed by atoms with Gasteiger partial charge >= 0.3 is 0 Å². The van der Waals surface area contributed by atoms with Crippen molar-refractivity contribution < 1.29 is 9.53 Å². The zero-order valence-corrected chi connectivity index (χ0v) is 9.56. The third-order valence-electron chi connectivity index (χ3n) is 2.73. The molecule has 1 saturated heterocycles. The van der Waals surface area contributed by atoms with E-state index in [2.05, 4.69) is 6.07 Å². The van der Waals surface area contributed by atoms with Gasteiger partial charge in [-0.15, -0.1) is 0 Å². The minimum Gasteiger partial charge on any atom is -0.368 e. The Bertz CT molecular complexity index is 264. The second-order valence-electron chi connectivity index (χ2n) is 4.27. The molecule has 0 saturated carbocycles. The van der Waals surface area contributed by atoms with E-state index in [1.165, 1.54) is 4.90 Å². The van der Waals surface area contributed by atoms with Gasteiger partial charge in [0.05, 0.1) is 6.07 Å². The second kappa shape index (κ2) is 5.13. The summed E-state index contributed by atoms with van der Waals surface area (Å²) in [6.45, 7) is 4.53. The molecule has 1 fully saturated rings. The molecule has 1 heterocycles. The largest absolute Gasteiger partial charge is 0.368 e. The van der Waals surface area contributed by atoms with E-state index in [1.54, 1.807) is 7.05 Å². The number of nitriles is 1. The molecule has 0 bridgehead atoms. The Labute approximate surface area is 90.8 Å². The summed E-state index contributed by atoms with van der Waals surface area (Å²) >= 11 is 0. The monoisotopic (exact) mass is 210 g/mol. The molecule has 1 aliphatic rings. The highest BCUT2D eigenvalue weighted by Gasteiger charge is 2.31. The Kier molecular flexibility index (Phi) is 4.10. The lowest BCUT2D eigenvalue weighted by Gasteiger charge is -2.27. The molecule has 2 atom stereocenters. The fourth-order valence-corrected chi connectivity index (χ4v) is 1.82. The summed E-state index contributed by atoms with van der Waals surface area (Å²) in [6, 6.07) is 1.80. The van der Waals surface area contributed by atoms with Crippen LogP contribution in [0.25, 0.3) is 0 Å². The highest BCUT2D eigenvalue weighted by molar-refractivity contribution is 5.81. The molecule has 0 spiro atoms. The Morgan fingerprint density at radius 1 is 1.60 bits per heavy atom. The summed E-state index contributed by atoms with van der Waals surface area (Å²) in [4.78, 5) is 13.4. The summed E-state index contributed by atoms with van der Waals surface area (Å²) in [5, 5.41) is 8.97. The molecule has 4 heteroatoms. The third-order valence-corrected chi connectivity index (χ3v) is 2.73. The minimum absolute atomic E-state index is 0.0623. The molecule has 2 unspecified atom stereocenters. The first-order valence-corrected chi connectivity index (χ1v) is 5.35. The van der Waals surface area contributed by atoms with Crippen molar-refractivity contribution in [3.05, 3.63) is 0 Å². The Balaban J connectivity index is 2.62. The molecule has 0 aromatic carbocycles. The molecule has 15 heavy (non-hydrogen) atoms. The van der Waals surface area contributed by atoms with Crippen LogP contribution in [0.15, 0.2) is 0 Å². The van der Waals surface area contributed by atoms with Gasteiger partial charge in [0.15, 0.2) is 0 Å². The van der Waals surface area contributed by atoms with E-state index in [-0.39, 0.29) is 24.0 Å². The lowest BCUT2D eigenvalue weighted by atomic mass is 10.0. The summed E-state index contributed by atoms with van der Waals surface area (Å²) in [5.41, 5.74) is 0. The average molecular weight is 210 g/mol. The van der Waals surface area contributed by atoms with Gasteiger partial charge in [-0.25, -0.2) is 0 Å². The smallest absolute Gasteiger partial charge is 0.252 e. The van der Waals surface area contributed by atoms with E-state index >= 15 is 0 Å². The molecule has 0 aromatic heterocycles. The van der Waals surface area contributed by atoms with E-state index in [0.29, 0.717) is 6.61 Å². The van der Waals surface area contributed by atoms with Crippen LogP contribution in [0.1, 0.15) is 26.7 Å². The average Bonchev–Trinajstić information content (AvgIpc) is 2.69. The second-order valence-corrected chi connectivity index (χ2v) is 4.27. The van der Waals surface area contributed by atoms with Gasteiger partial charge in [-0.3, -0.25) is 4.79 Å². The number of rotatable bonds is 3. The number of hydrogen-bond acceptors (Lipinski definition) is 3. The first-order valence-electron chi connectivity index (χ1n) is 5.35. The van der Waals surface area contributed by atoms with E-state index in [1.807, 2.05) is 13.8 Å². The number of carbonyl (C=O) groups excluding carboxylic acids is 1. The third kappa shape index (κ3) is 2.69. The Morgan fingerprint density at radius 2 is 2.27 bits per heavy atom. The van der Waals surface area contributed by atoms with Crippen LogP contribution >= 0.6 is 0 Å². The van der Waals surface area contributed by atoms with Crippen LogP contribution in [0.5, 0.6) is 0 Å². The normalized spacial score (nSPS) is 22.5. The summed E-state index contributed by atoms with van der Waals surface area (Å²) in [7, 11) is 1.68. The molecule has 0 radical (unpaired) electrons. The molecule has 1 rings (SSSR count). The quantitative estimate of drug-likeness (QED) is 0.702. The number of nitrogens with zero attached hydrogens (tertiary/aromatic N) is 2. The van der Waals surface area contributed by atoms with Gasteiger partial charge < -0.3 is 9.64 Å². The number of carbonyl (C=O) groups is 1. The van der Waals surface area contributed by atoms with Gasteiger partial charge in [-0.05, 0) is 18.8 Å². The minimum atomic E-state index is -0.360. The fourth-order valence-electron chi connectivity index (χ4n) is 1.82. The molecule has 84 valence electrons. The molecule has 1 aliphatic heterocycles. The van der Waals surface area contributed by atoms with E-state index in [0.717, 1.165) is 12.8 Å². The first kappa shape index (κ1) is 12.0. The SMILES string of the molecule is CC(C)C(C#N)N(C)C(=O)C1CCCO1. The van der Waals surface area contributed by atoms with Crippen molar-refractivity contribution in [1.29, 1.82) is 5.26 Å². The Morgan fingerprint density at radius 3 is 2.67 bits per heavy atom. The van der Waals surface area contributed by atoms with Crippen LogP contribution in [-0.4, -0.2) is 36.6 Å². The fraction of sp³-hybridized carbons (Fsp3) is 0.818. The molecule has 0 N–H and O–H groups in total. The summed E-state index contributed by atoms with van der Waals surface area (Å²) in [5.74, 6) is 0.0816. The number of hydrogen-bond donors (Lipinski definition) is 0. The van der Waals surface area contributed by atoms with Gasteiger partial charge in [0.25, 0.3) is 5.91 Å². The number of ether oxygens (including phenoxy) is 1. The van der Waals surface area contributed by atoms with Gasteiger partial charge in [-0.1, -0.05) is 13.8 Å². The van der Waals surface area contributed by atoms with Crippen LogP contribution in [0.3, 0.4) is 0 Å². The Hall–Kier alpha value is -1.08. The standard InChI is InChI=1S/C11H18N2O2/c1-8(2)9(7-12)13(3)11(14)10-5-4-6-15-10/h8-10H,4-6H2,1-3H3. The van der Waals surface area contributed by atoms with Crippen LogP contribution in [0, 0.1) is 17.2 Å². The van der Waals surface area contributed by atoms with Crippen molar-refractivity contribution in [3.8, 4) is 6.07 Å². The van der Waals surface area contributed by atoms with Gasteiger partial charge in [-0.2, -0.15) is 5.26 Å². The van der Waals surface area contributed by atoms with Crippen molar-refractivity contribution >= 4 is 5.91 Å². The lowest BCUT2D eigenvalue weighted by Crippen LogP contribution is -2.44. The topological polar surface area (TPSA) is 53.3 Å². The summed E-state index contributed by atoms with van der Waals surface area (Å²) in [6.07, 6.45) is 1.38. The first-order chi connectivity index (χ1) is 7.07. The van der Waals surface area contributed by atoms with Gasteiger partial charge in [0, 0.05) is 13.7 Å². The highest BCUT2D eigenvalue weighted by Crippen LogP contribution is 2.17. The highest BCUT2D eigenvalue weighted by atomic mass is 16.5. The van der Waals surface area contributed by atoms with Crippen LogP contribution in [-0.2, 0) is 9.53 Å². The van der Waals surface area contributed by atoms with Gasteiger partial charge in [0.2, 0.25) is 0 Å². The van der Waals surface area contributed by atoms with Crippen molar-refractivity contribution in [1.82, 2.24) is 4.90 Å². The maximum Gasteiger partial charge on any atom is 0.252 e. The molecule has 4 nitrogen and oxygen atoms in total. The van der Waals surface area contributed by atoms with Crippen LogP contribution in [0.2, 0.25) is 0 Å². The molecule has 1 amide bonds. The van der Waals surface area contributed by atoms with Gasteiger partial charge in [0.1, 0.15) is 12.1 Å². The molecular formula is C11H18N2O2. The predicted octanol–water partition coefficient (Wildman–Crippen LogP) is 1.17. The maximum absolute atomic E-state index is 11.9. The van der Waals surface area contributed by atoms with E-state index < -0.39 is 0 Å². The van der Waals surface area contributed by atoms with E-state index in [4.69, 9.17) is 10.00 Å². The summed E-state index contributed by atoms with van der Waals surface area (Å²) < 4.78 is 5.31. The van der Waals surface area contributed by atoms with Crippen LogP contribution < -0.4 is 0 Å². The zero-order chi connectivity index (χ0) is 11.4. The van der Waals surface area contributed by atoms with Crippen molar-refractivity contribution in [2.24, 2.45) is 5.92 Å². The van der Waals surface area contributed by atoms with E-state index in [9.17, 15) is 4.79 Å². The zero-order valence-electron chi connectivity index (χ0n) is 9.56. The molecule has 0 aliphatic carbocycles. The molecule has 0 aromatic rings. The lowest BCUT2D eigenvalue weighted by molar-refractivity contribution is -0.141. The van der Waals surface area contributed by atoms with Crippen molar-refractivity contribution in [2.45, 2.75) is 38.8 Å². The van der Waals surface area contributed by atoms with Crippen molar-refractivity contribution in [3.63, 3.8) is 0 Å². The maximum atomic E-state index is 11.9. The number of amides is 1. The predicted molar refractivity (Wildman–Crippen MR) is 56.0 cm³/mol. The molecular weight excluding hydrogens is 192 g/mol. The van der Waals surface area contributed by atoms with Crippen LogP contribution in [0.4, 0.5) is 0 Å².